The number of anilines is 4. The molecule has 4 nitrogen and oxygen atoms in total. The van der Waals surface area contributed by atoms with Gasteiger partial charge in [-0.2, -0.15) is 0 Å². The van der Waals surface area contributed by atoms with Crippen LogP contribution in [0, 0.1) is 83.1 Å². The molecule has 0 atom stereocenters. The Morgan fingerprint density at radius 2 is 0.625 bits per heavy atom. The van der Waals surface area contributed by atoms with Gasteiger partial charge in [0, 0.05) is 0 Å². The van der Waals surface area contributed by atoms with Crippen LogP contribution in [-0.4, -0.2) is 39.5 Å². The van der Waals surface area contributed by atoms with Gasteiger partial charge in [-0.05, 0) is 0 Å². The molecule has 7 rings (SSSR count). The molecule has 5 aromatic carbocycles. The molecule has 0 unspecified atom stereocenters. The second-order valence-electron chi connectivity index (χ2n) is 16.4. The summed E-state index contributed by atoms with van der Waals surface area (Å²) in [5.41, 5.74) is 20.5. The quantitative estimate of drug-likeness (QED) is 0.163. The van der Waals surface area contributed by atoms with Gasteiger partial charge in [-0.25, -0.2) is 0 Å². The SMILES string of the molecule is Cc1cc(C)c(N2CCN(c3c(C)cc(C)cc3C)[C]2=[Ru-6]([Cl])([Cl])(=[CH]c2ccccc2)=[C]2N(c3c(C)cc(C)cc3C)CCN2c2c(C)cc(C)cc2C)c(C)c1. The Hall–Kier alpha value is -3.89. The molecule has 0 aliphatic carbocycles. The van der Waals surface area contributed by atoms with Gasteiger partial charge >= 0.3 is 346 Å². The van der Waals surface area contributed by atoms with Gasteiger partial charge < -0.3 is 0 Å². The van der Waals surface area contributed by atoms with Crippen molar-refractivity contribution in [2.24, 2.45) is 0 Å². The Bertz CT molecular complexity index is 2290. The molecule has 0 spiro atoms. The molecule has 2 heterocycles. The van der Waals surface area contributed by atoms with Crippen LogP contribution in [0.15, 0.2) is 78.9 Å². The first-order valence-electron chi connectivity index (χ1n) is 19.7. The van der Waals surface area contributed by atoms with Crippen LogP contribution in [0.5, 0.6) is 0 Å². The van der Waals surface area contributed by atoms with Crippen molar-refractivity contribution >= 4 is 55.4 Å². The van der Waals surface area contributed by atoms with Crippen molar-refractivity contribution in [3.8, 4) is 0 Å². The van der Waals surface area contributed by atoms with Gasteiger partial charge in [-0.1, -0.05) is 0 Å². The zero-order valence-electron chi connectivity index (χ0n) is 35.3. The normalized spacial score (nSPS) is 15.6. The third kappa shape index (κ3) is 6.93. The topological polar surface area (TPSA) is 13.0 Å². The molecule has 2 saturated heterocycles. The summed E-state index contributed by atoms with van der Waals surface area (Å²) in [5.74, 6) is 0. The molecular formula is C49H58Cl2N4Ru-6. The summed E-state index contributed by atoms with van der Waals surface area (Å²) in [5, 5.41) is 0. The fraction of sp³-hybridized carbons (Fsp3) is 0.327. The predicted molar refractivity (Wildman–Crippen MR) is 245 cm³/mol. The van der Waals surface area contributed by atoms with E-state index in [4.69, 9.17) is 19.4 Å². The predicted octanol–water partition coefficient (Wildman–Crippen LogP) is 11.8. The van der Waals surface area contributed by atoms with Crippen molar-refractivity contribution in [3.05, 3.63) is 151 Å². The van der Waals surface area contributed by atoms with E-state index in [1.165, 1.54) is 89.5 Å². The molecule has 7 heteroatoms. The third-order valence-corrected chi connectivity index (χ3v) is 21.2. The second kappa shape index (κ2) is 14.8. The number of hydrogen-bond acceptors (Lipinski definition) is 4. The molecule has 2 aliphatic heterocycles. The zero-order chi connectivity index (χ0) is 40.5. The van der Waals surface area contributed by atoms with Gasteiger partial charge in [0.05, 0.1) is 0 Å². The van der Waals surface area contributed by atoms with Crippen LogP contribution in [-0.2, 0) is 10.3 Å². The summed E-state index contributed by atoms with van der Waals surface area (Å²) in [6, 6.07) is 29.0. The summed E-state index contributed by atoms with van der Waals surface area (Å²) in [4.78, 5) is 10.1. The molecular weight excluding hydrogens is 817 g/mol. The maximum absolute atomic E-state index is 9.11. The van der Waals surface area contributed by atoms with E-state index in [9.17, 15) is 0 Å². The Labute approximate surface area is 343 Å². The number of hydrogen-bond donors (Lipinski definition) is 0. The van der Waals surface area contributed by atoms with Crippen molar-refractivity contribution in [3.63, 3.8) is 0 Å². The van der Waals surface area contributed by atoms with Crippen molar-refractivity contribution in [1.82, 2.24) is 0 Å². The van der Waals surface area contributed by atoms with E-state index >= 15 is 0 Å². The molecule has 56 heavy (non-hydrogen) atoms. The van der Waals surface area contributed by atoms with Gasteiger partial charge in [-0.15, -0.1) is 0 Å². The zero-order valence-corrected chi connectivity index (χ0v) is 38.6. The molecule has 5 aromatic rings. The van der Waals surface area contributed by atoms with Gasteiger partial charge in [0.25, 0.3) is 0 Å². The first kappa shape index (κ1) is 40.3. The van der Waals surface area contributed by atoms with Crippen molar-refractivity contribution in [2.45, 2.75) is 83.1 Å². The summed E-state index contributed by atoms with van der Waals surface area (Å²) >= 11 is 0. The van der Waals surface area contributed by atoms with E-state index in [0.717, 1.165) is 40.5 Å². The summed E-state index contributed by atoms with van der Waals surface area (Å²) in [6.07, 6.45) is 0. The van der Waals surface area contributed by atoms with Gasteiger partial charge in [0.15, 0.2) is 0 Å². The molecule has 2 fully saturated rings. The first-order valence-corrected chi connectivity index (χ1v) is 26.9. The monoisotopic (exact) mass is 874 g/mol. The number of nitrogens with zero attached hydrogens (tertiary/aromatic N) is 4. The molecule has 0 saturated carbocycles. The third-order valence-electron chi connectivity index (χ3n) is 11.3. The van der Waals surface area contributed by atoms with E-state index in [1.807, 2.05) is 0 Å². The molecule has 0 aromatic heterocycles. The van der Waals surface area contributed by atoms with Crippen LogP contribution in [0.4, 0.5) is 22.7 Å². The molecule has 0 N–H and O–H groups in total. The minimum atomic E-state index is -5.38. The number of aryl methyl sites for hydroxylation is 12. The molecule has 0 radical (unpaired) electrons. The van der Waals surface area contributed by atoms with Gasteiger partial charge in [-0.3, -0.25) is 0 Å². The van der Waals surface area contributed by atoms with Crippen LogP contribution >= 0.6 is 19.4 Å². The number of halogens is 2. The molecule has 302 valence electrons. The van der Waals surface area contributed by atoms with Crippen LogP contribution in [0.25, 0.3) is 0 Å². The van der Waals surface area contributed by atoms with Crippen molar-refractivity contribution < 1.29 is 10.3 Å². The Morgan fingerprint density at radius 3 is 0.857 bits per heavy atom. The number of benzene rings is 5. The molecule has 0 bridgehead atoms. The molecule has 2 aliphatic rings. The summed E-state index contributed by atoms with van der Waals surface area (Å²) < 4.78 is 4.29. The van der Waals surface area contributed by atoms with E-state index in [2.05, 4.69) is 186 Å². The standard InChI is InChI=1S/2C21H26N2.C7H6.2ClH.Ru/c2*1-14-9-16(3)20(17(4)10-14)22-7-8-23(13-22)21-18(5)11-15(2)12-19(21)6;1-7-5-3-2-4-6-7;;;/h2*9-12H,7-8H2,1-6H3;1-6H;2*1H;/q;;;;;-4/p-2. The van der Waals surface area contributed by atoms with E-state index in [1.54, 1.807) is 0 Å². The Kier molecular flexibility index (Phi) is 10.7. The van der Waals surface area contributed by atoms with Crippen LogP contribution < -0.4 is 19.6 Å². The Balaban J connectivity index is 1.81. The second-order valence-corrected chi connectivity index (χ2v) is 29.6. The van der Waals surface area contributed by atoms with Gasteiger partial charge in [0.2, 0.25) is 0 Å². The van der Waals surface area contributed by atoms with Crippen LogP contribution in [0.3, 0.4) is 0 Å². The van der Waals surface area contributed by atoms with Crippen molar-refractivity contribution in [2.75, 3.05) is 45.8 Å². The fourth-order valence-corrected chi connectivity index (χ4v) is 21.4. The average Bonchev–Trinajstić information content (AvgIpc) is 3.70. The van der Waals surface area contributed by atoms with E-state index in [0.29, 0.717) is 0 Å². The average molecular weight is 875 g/mol. The minimum absolute atomic E-state index is 0.753. The fourth-order valence-electron chi connectivity index (χ4n) is 9.84. The van der Waals surface area contributed by atoms with Crippen LogP contribution in [0.2, 0.25) is 0 Å². The van der Waals surface area contributed by atoms with Gasteiger partial charge in [0.1, 0.15) is 0 Å². The van der Waals surface area contributed by atoms with E-state index in [-0.39, 0.29) is 0 Å². The summed E-state index contributed by atoms with van der Waals surface area (Å²) in [6.45, 7) is 29.6. The van der Waals surface area contributed by atoms with Crippen molar-refractivity contribution in [1.29, 1.82) is 0 Å². The van der Waals surface area contributed by atoms with E-state index < -0.39 is 10.3 Å². The first-order chi connectivity index (χ1) is 26.4. The summed E-state index contributed by atoms with van der Waals surface area (Å²) in [7, 11) is 12.8. The number of rotatable bonds is 5. The molecule has 0 amide bonds. The Morgan fingerprint density at radius 1 is 0.393 bits per heavy atom. The maximum atomic E-state index is 9.11. The van der Waals surface area contributed by atoms with Crippen LogP contribution in [0.1, 0.15) is 72.3 Å².